The van der Waals surface area contributed by atoms with Gasteiger partial charge in [-0.25, -0.2) is 19.7 Å². The summed E-state index contributed by atoms with van der Waals surface area (Å²) in [4.78, 5) is 37.4. The first-order valence-corrected chi connectivity index (χ1v) is 14.4. The molecule has 1 aliphatic rings. The van der Waals surface area contributed by atoms with Gasteiger partial charge in [-0.05, 0) is 62.7 Å². The molecule has 0 saturated heterocycles. The van der Waals surface area contributed by atoms with Crippen LogP contribution in [-0.2, 0) is 27.5 Å². The summed E-state index contributed by atoms with van der Waals surface area (Å²) in [6.07, 6.45) is 2.95. The molecule has 0 aliphatic carbocycles. The Morgan fingerprint density at radius 1 is 0.933 bits per heavy atom. The van der Waals surface area contributed by atoms with Gasteiger partial charge in [-0.1, -0.05) is 42.5 Å². The highest BCUT2D eigenvalue weighted by Crippen LogP contribution is 2.36. The van der Waals surface area contributed by atoms with Gasteiger partial charge >= 0.3 is 6.09 Å². The number of aromatic nitrogens is 4. The molecule has 11 nitrogen and oxygen atoms in total. The Labute approximate surface area is 260 Å². The van der Waals surface area contributed by atoms with E-state index in [1.54, 1.807) is 42.7 Å². The Morgan fingerprint density at radius 2 is 1.73 bits per heavy atom. The number of ether oxygens (including phenoxy) is 3. The molecule has 0 spiro atoms. The molecule has 0 bridgehead atoms. The number of anilines is 3. The van der Waals surface area contributed by atoms with Crippen LogP contribution in [-0.4, -0.2) is 44.4 Å². The summed E-state index contributed by atoms with van der Waals surface area (Å²) < 4.78 is 17.4. The van der Waals surface area contributed by atoms with Crippen molar-refractivity contribution in [2.45, 2.75) is 39.6 Å². The molecule has 228 valence electrons. The largest absolute Gasteiger partial charge is 0.484 e. The molecule has 6 rings (SSSR count). The second-order valence-corrected chi connectivity index (χ2v) is 11.4. The molecule has 11 heteroatoms. The van der Waals surface area contributed by atoms with E-state index < -0.39 is 11.7 Å². The molecule has 0 saturated carbocycles. The van der Waals surface area contributed by atoms with E-state index in [1.807, 2.05) is 69.3 Å². The number of carbonyl (C=O) groups excluding carboxylic acids is 2. The van der Waals surface area contributed by atoms with Crippen molar-refractivity contribution in [1.29, 1.82) is 0 Å². The van der Waals surface area contributed by atoms with Crippen molar-refractivity contribution in [2.75, 3.05) is 16.8 Å². The minimum absolute atomic E-state index is 0.177. The first kappa shape index (κ1) is 29.5. The first-order valence-electron chi connectivity index (χ1n) is 14.4. The molecule has 0 unspecified atom stereocenters. The number of nitrogens with zero attached hydrogens (tertiary/aromatic N) is 4. The van der Waals surface area contributed by atoms with E-state index in [9.17, 15) is 9.59 Å². The lowest BCUT2D eigenvalue weighted by Crippen LogP contribution is -2.35. The molecule has 3 aromatic carbocycles. The number of para-hydroxylation sites is 1. The average molecular weight is 605 g/mol. The Balaban J connectivity index is 1.32. The lowest BCUT2D eigenvalue weighted by atomic mass is 10.1. The SMILES string of the molecule is CC(C)(C)OC(=O)N(c1ccc(-c2cn[nH]c2)cc1)c1nc(-c2cccc(OCC(=O)Nc3ccccc3)c2)nc2c1COC2. The first-order chi connectivity index (χ1) is 21.7. The summed E-state index contributed by atoms with van der Waals surface area (Å²) in [5.41, 5.74) is 4.38. The van der Waals surface area contributed by atoms with Gasteiger partial charge in [0, 0.05) is 28.6 Å². The van der Waals surface area contributed by atoms with Crippen LogP contribution in [0.1, 0.15) is 32.0 Å². The maximum atomic E-state index is 13.8. The second-order valence-electron chi connectivity index (χ2n) is 11.4. The van der Waals surface area contributed by atoms with Crippen molar-refractivity contribution < 1.29 is 23.8 Å². The maximum Gasteiger partial charge on any atom is 0.420 e. The number of fused-ring (bicyclic) bond motifs is 1. The van der Waals surface area contributed by atoms with Gasteiger partial charge in [0.05, 0.1) is 30.8 Å². The standard InChI is InChI=1S/C34H32N6O5/c1-34(2,3)45-33(42)40(26-14-12-22(13-15-26)24-17-35-36-18-24)32-28-19-43-20-29(28)38-31(39-32)23-8-7-11-27(16-23)44-21-30(41)37-25-9-5-4-6-10-25/h4-18H,19-21H2,1-3H3,(H,35,36)(H,37,41). The van der Waals surface area contributed by atoms with Crippen LogP contribution < -0.4 is 15.0 Å². The highest BCUT2D eigenvalue weighted by Gasteiger charge is 2.32. The molecular formula is C34H32N6O5. The zero-order valence-electron chi connectivity index (χ0n) is 25.1. The van der Waals surface area contributed by atoms with Crippen LogP contribution in [0.15, 0.2) is 91.3 Å². The Morgan fingerprint density at radius 3 is 2.47 bits per heavy atom. The van der Waals surface area contributed by atoms with Gasteiger partial charge in [-0.3, -0.25) is 9.89 Å². The third-order valence-electron chi connectivity index (χ3n) is 6.82. The third kappa shape index (κ3) is 7.00. The van der Waals surface area contributed by atoms with Crippen LogP contribution in [0.2, 0.25) is 0 Å². The smallest absolute Gasteiger partial charge is 0.420 e. The number of benzene rings is 3. The number of hydrogen-bond donors (Lipinski definition) is 2. The second kappa shape index (κ2) is 12.6. The molecule has 2 amide bonds. The number of rotatable bonds is 8. The molecule has 45 heavy (non-hydrogen) atoms. The fourth-order valence-corrected chi connectivity index (χ4v) is 4.77. The minimum Gasteiger partial charge on any atom is -0.484 e. The molecule has 3 heterocycles. The topological polar surface area (TPSA) is 132 Å². The van der Waals surface area contributed by atoms with Crippen LogP contribution in [0.25, 0.3) is 22.5 Å². The summed E-state index contributed by atoms with van der Waals surface area (Å²) in [6, 6.07) is 23.8. The number of H-pyrrole nitrogens is 1. The van der Waals surface area contributed by atoms with Crippen LogP contribution in [0.5, 0.6) is 5.75 Å². The van der Waals surface area contributed by atoms with Crippen LogP contribution in [0.4, 0.5) is 22.0 Å². The normalized spacial score (nSPS) is 12.3. The van der Waals surface area contributed by atoms with Crippen LogP contribution >= 0.6 is 0 Å². The van der Waals surface area contributed by atoms with Crippen molar-refractivity contribution in [3.63, 3.8) is 0 Å². The van der Waals surface area contributed by atoms with E-state index in [0.717, 1.165) is 11.1 Å². The monoisotopic (exact) mass is 604 g/mol. The Bertz CT molecular complexity index is 1800. The molecule has 2 aromatic heterocycles. The van der Waals surface area contributed by atoms with Crippen LogP contribution in [0, 0.1) is 0 Å². The van der Waals surface area contributed by atoms with Gasteiger partial charge < -0.3 is 19.5 Å². The lowest BCUT2D eigenvalue weighted by molar-refractivity contribution is -0.118. The molecule has 0 atom stereocenters. The van der Waals surface area contributed by atoms with Gasteiger partial charge in [0.25, 0.3) is 5.91 Å². The number of nitrogens with one attached hydrogen (secondary N) is 2. The maximum absolute atomic E-state index is 13.8. The van der Waals surface area contributed by atoms with Gasteiger partial charge in [-0.2, -0.15) is 5.10 Å². The van der Waals surface area contributed by atoms with Gasteiger partial charge in [0.1, 0.15) is 11.4 Å². The zero-order chi connectivity index (χ0) is 31.4. The van der Waals surface area contributed by atoms with Gasteiger partial charge in [-0.15, -0.1) is 0 Å². The molecule has 1 aliphatic heterocycles. The minimum atomic E-state index is -0.750. The lowest BCUT2D eigenvalue weighted by Gasteiger charge is -2.28. The predicted octanol–water partition coefficient (Wildman–Crippen LogP) is 6.65. The van der Waals surface area contributed by atoms with Crippen molar-refractivity contribution in [1.82, 2.24) is 20.2 Å². The molecule has 2 N–H and O–H groups in total. The van der Waals surface area contributed by atoms with Crippen molar-refractivity contribution in [3.8, 4) is 28.3 Å². The number of carbonyl (C=O) groups is 2. The molecule has 0 radical (unpaired) electrons. The number of amides is 2. The summed E-state index contributed by atoms with van der Waals surface area (Å²) in [6.45, 7) is 5.79. The quantitative estimate of drug-likeness (QED) is 0.201. The van der Waals surface area contributed by atoms with E-state index in [4.69, 9.17) is 24.2 Å². The zero-order valence-corrected chi connectivity index (χ0v) is 25.1. The van der Waals surface area contributed by atoms with Gasteiger partial charge in [0.2, 0.25) is 0 Å². The summed E-state index contributed by atoms with van der Waals surface area (Å²) in [5.74, 6) is 0.923. The summed E-state index contributed by atoms with van der Waals surface area (Å²) in [7, 11) is 0. The van der Waals surface area contributed by atoms with Crippen molar-refractivity contribution in [3.05, 3.63) is 103 Å². The van der Waals surface area contributed by atoms with E-state index in [2.05, 4.69) is 15.5 Å². The average Bonchev–Trinajstić information content (AvgIpc) is 3.73. The number of aromatic amines is 1. The van der Waals surface area contributed by atoms with Gasteiger partial charge in [0.15, 0.2) is 18.2 Å². The summed E-state index contributed by atoms with van der Waals surface area (Å²) >= 11 is 0. The van der Waals surface area contributed by atoms with E-state index in [1.165, 1.54) is 4.90 Å². The van der Waals surface area contributed by atoms with E-state index >= 15 is 0 Å². The highest BCUT2D eigenvalue weighted by atomic mass is 16.6. The number of hydrogen-bond acceptors (Lipinski definition) is 8. The van der Waals surface area contributed by atoms with E-state index in [0.29, 0.717) is 45.6 Å². The van der Waals surface area contributed by atoms with Crippen molar-refractivity contribution >= 4 is 29.2 Å². The fraction of sp³-hybridized carbons (Fsp3) is 0.206. The highest BCUT2D eigenvalue weighted by molar-refractivity contribution is 5.96. The Kier molecular flexibility index (Phi) is 8.26. The fourth-order valence-electron chi connectivity index (χ4n) is 4.77. The van der Waals surface area contributed by atoms with Crippen LogP contribution in [0.3, 0.4) is 0 Å². The summed E-state index contributed by atoms with van der Waals surface area (Å²) in [5, 5.41) is 9.65. The Hall–Kier alpha value is -5.55. The third-order valence-corrected chi connectivity index (χ3v) is 6.82. The van der Waals surface area contributed by atoms with E-state index in [-0.39, 0.29) is 25.7 Å². The molecular weight excluding hydrogens is 572 g/mol. The van der Waals surface area contributed by atoms with Crippen molar-refractivity contribution in [2.24, 2.45) is 0 Å². The molecule has 5 aromatic rings. The molecule has 0 fully saturated rings. The predicted molar refractivity (Wildman–Crippen MR) is 169 cm³/mol.